The van der Waals surface area contributed by atoms with E-state index in [4.69, 9.17) is 28.4 Å². The van der Waals surface area contributed by atoms with Crippen molar-refractivity contribution in [3.05, 3.63) is 108 Å². The Labute approximate surface area is 270 Å². The van der Waals surface area contributed by atoms with Crippen molar-refractivity contribution in [2.45, 2.75) is 89.2 Å². The Morgan fingerprint density at radius 1 is 0.783 bits per heavy atom. The van der Waals surface area contributed by atoms with E-state index in [1.807, 2.05) is 91.0 Å². The average Bonchev–Trinajstić information content (AvgIpc) is 3.04. The largest absolute Gasteiger partial charge is 0.467 e. The van der Waals surface area contributed by atoms with Crippen LogP contribution in [0.1, 0.15) is 43.9 Å². The Morgan fingerprint density at radius 3 is 1.78 bits per heavy atom. The highest BCUT2D eigenvalue weighted by Crippen LogP contribution is 2.31. The van der Waals surface area contributed by atoms with Gasteiger partial charge in [-0.2, -0.15) is 0 Å². The van der Waals surface area contributed by atoms with Crippen molar-refractivity contribution in [1.82, 2.24) is 5.32 Å². The zero-order chi connectivity index (χ0) is 32.9. The van der Waals surface area contributed by atoms with Gasteiger partial charge in [-0.25, -0.2) is 9.59 Å². The highest BCUT2D eigenvalue weighted by Gasteiger charge is 2.48. The molecule has 10 heteroatoms. The van der Waals surface area contributed by atoms with Crippen LogP contribution in [-0.4, -0.2) is 73.0 Å². The summed E-state index contributed by atoms with van der Waals surface area (Å²) in [6.45, 7) is 6.06. The Morgan fingerprint density at radius 2 is 1.28 bits per heavy atom. The summed E-state index contributed by atoms with van der Waals surface area (Å²) in [5.74, 6) is -0.706. The summed E-state index contributed by atoms with van der Waals surface area (Å²) in [5, 5.41) is 14.3. The predicted molar refractivity (Wildman–Crippen MR) is 171 cm³/mol. The SMILES string of the molecule is COC(=O)[C@H](C[C@H]1O[C@H](COCc2ccccc2)[C@@H](OCc2ccccc2)[C@H](OCc2ccccc2)[C@H]1O)NC(=O)OC(C)(C)C. The number of carbonyl (C=O) groups excluding carboxylic acids is 2. The first-order valence-electron chi connectivity index (χ1n) is 15.5. The molecule has 0 aliphatic carbocycles. The topological polar surface area (TPSA) is 122 Å². The van der Waals surface area contributed by atoms with E-state index in [0.29, 0.717) is 6.61 Å². The lowest BCUT2D eigenvalue weighted by Crippen LogP contribution is -2.61. The molecule has 10 nitrogen and oxygen atoms in total. The highest BCUT2D eigenvalue weighted by atomic mass is 16.6. The van der Waals surface area contributed by atoms with Crippen LogP contribution in [0.25, 0.3) is 0 Å². The van der Waals surface area contributed by atoms with Crippen molar-refractivity contribution in [3.63, 3.8) is 0 Å². The first-order valence-corrected chi connectivity index (χ1v) is 15.5. The molecule has 0 unspecified atom stereocenters. The van der Waals surface area contributed by atoms with Crippen molar-refractivity contribution in [1.29, 1.82) is 0 Å². The third-order valence-electron chi connectivity index (χ3n) is 7.37. The molecular formula is C36H45NO9. The molecule has 2 N–H and O–H groups in total. The van der Waals surface area contributed by atoms with Gasteiger partial charge in [0.1, 0.15) is 36.1 Å². The maximum atomic E-state index is 12.8. The summed E-state index contributed by atoms with van der Waals surface area (Å²) >= 11 is 0. The van der Waals surface area contributed by atoms with Gasteiger partial charge in [0.25, 0.3) is 0 Å². The van der Waals surface area contributed by atoms with Crippen LogP contribution in [-0.2, 0) is 53.0 Å². The minimum atomic E-state index is -1.23. The van der Waals surface area contributed by atoms with Gasteiger partial charge < -0.3 is 38.8 Å². The Bertz CT molecular complexity index is 1330. The summed E-state index contributed by atoms with van der Waals surface area (Å²) in [5.41, 5.74) is 2.06. The van der Waals surface area contributed by atoms with E-state index in [9.17, 15) is 14.7 Å². The average molecular weight is 636 g/mol. The molecule has 1 amide bonds. The van der Waals surface area contributed by atoms with Gasteiger partial charge in [0.2, 0.25) is 0 Å². The molecule has 4 rings (SSSR count). The zero-order valence-electron chi connectivity index (χ0n) is 26.9. The minimum absolute atomic E-state index is 0.112. The van der Waals surface area contributed by atoms with Gasteiger partial charge in [0.15, 0.2) is 0 Å². The van der Waals surface area contributed by atoms with Crippen LogP contribution in [0.5, 0.6) is 0 Å². The quantitative estimate of drug-likeness (QED) is 0.237. The Hall–Kier alpha value is -3.80. The van der Waals surface area contributed by atoms with Gasteiger partial charge in [-0.3, -0.25) is 0 Å². The van der Waals surface area contributed by atoms with E-state index in [2.05, 4.69) is 5.32 Å². The van der Waals surface area contributed by atoms with Crippen molar-refractivity contribution < 1.29 is 43.1 Å². The summed E-state index contributed by atoms with van der Waals surface area (Å²) in [6.07, 6.45) is -5.39. The molecule has 0 saturated carbocycles. The minimum Gasteiger partial charge on any atom is -0.467 e. The molecule has 1 saturated heterocycles. The molecule has 1 aliphatic rings. The second-order valence-corrected chi connectivity index (χ2v) is 12.2. The van der Waals surface area contributed by atoms with Crippen molar-refractivity contribution in [3.8, 4) is 0 Å². The van der Waals surface area contributed by atoms with E-state index in [0.717, 1.165) is 16.7 Å². The normalized spacial score (nSPS) is 22.1. The van der Waals surface area contributed by atoms with Crippen LogP contribution in [0, 0.1) is 0 Å². The summed E-state index contributed by atoms with van der Waals surface area (Å²) in [7, 11) is 1.23. The highest BCUT2D eigenvalue weighted by molar-refractivity contribution is 5.81. The number of aliphatic hydroxyl groups is 1. The molecule has 3 aromatic carbocycles. The number of alkyl carbamates (subject to hydrolysis) is 1. The number of hydrogen-bond acceptors (Lipinski definition) is 9. The number of benzene rings is 3. The molecule has 1 aliphatic heterocycles. The number of ether oxygens (including phenoxy) is 6. The standard InChI is InChI=1S/C36H45NO9/c1-36(2,3)46-35(40)37-28(34(39)41-4)20-29-31(38)33(44-23-27-18-12-7-13-19-27)32(43-22-26-16-10-6-11-17-26)30(45-29)24-42-21-25-14-8-5-9-15-25/h5-19,28-33,38H,20-24H2,1-4H3,(H,37,40)/t28-,29+,30+,31-,32+,33+/m0/s1. The first kappa shape index (κ1) is 35.1. The van der Waals surface area contributed by atoms with E-state index in [-0.39, 0.29) is 26.2 Å². The summed E-state index contributed by atoms with van der Waals surface area (Å²) in [6, 6.07) is 27.9. The van der Waals surface area contributed by atoms with E-state index >= 15 is 0 Å². The van der Waals surface area contributed by atoms with E-state index in [1.54, 1.807) is 20.8 Å². The summed E-state index contributed by atoms with van der Waals surface area (Å²) < 4.78 is 35.7. The maximum absolute atomic E-state index is 12.8. The smallest absolute Gasteiger partial charge is 0.408 e. The Balaban J connectivity index is 1.59. The fourth-order valence-corrected chi connectivity index (χ4v) is 5.16. The third kappa shape index (κ3) is 10.9. The molecule has 46 heavy (non-hydrogen) atoms. The molecule has 0 radical (unpaired) electrons. The number of methoxy groups -OCH3 is 1. The van der Waals surface area contributed by atoms with Gasteiger partial charge in [-0.05, 0) is 37.5 Å². The summed E-state index contributed by atoms with van der Waals surface area (Å²) in [4.78, 5) is 25.4. The lowest BCUT2D eigenvalue weighted by molar-refractivity contribution is -0.262. The van der Waals surface area contributed by atoms with Gasteiger partial charge in [0.05, 0.1) is 39.6 Å². The van der Waals surface area contributed by atoms with Crippen LogP contribution in [0.4, 0.5) is 4.79 Å². The van der Waals surface area contributed by atoms with Gasteiger partial charge in [0, 0.05) is 6.42 Å². The predicted octanol–water partition coefficient (Wildman–Crippen LogP) is 4.96. The molecule has 0 bridgehead atoms. The monoisotopic (exact) mass is 635 g/mol. The number of carbonyl (C=O) groups is 2. The number of rotatable bonds is 14. The van der Waals surface area contributed by atoms with Crippen LogP contribution in [0.3, 0.4) is 0 Å². The maximum Gasteiger partial charge on any atom is 0.408 e. The number of nitrogens with one attached hydrogen (secondary N) is 1. The van der Waals surface area contributed by atoms with Crippen LogP contribution < -0.4 is 5.32 Å². The molecule has 3 aromatic rings. The molecule has 6 atom stereocenters. The fraction of sp³-hybridized carbons (Fsp3) is 0.444. The lowest BCUT2D eigenvalue weighted by atomic mass is 9.91. The van der Waals surface area contributed by atoms with Crippen LogP contribution in [0.2, 0.25) is 0 Å². The third-order valence-corrected chi connectivity index (χ3v) is 7.37. The van der Waals surface area contributed by atoms with Crippen LogP contribution >= 0.6 is 0 Å². The molecule has 0 aromatic heterocycles. The number of hydrogen-bond donors (Lipinski definition) is 2. The lowest BCUT2D eigenvalue weighted by Gasteiger charge is -2.45. The number of esters is 1. The van der Waals surface area contributed by atoms with Crippen molar-refractivity contribution >= 4 is 12.1 Å². The van der Waals surface area contributed by atoms with Gasteiger partial charge in [-0.1, -0.05) is 91.0 Å². The first-order chi connectivity index (χ1) is 22.1. The van der Waals surface area contributed by atoms with Crippen LogP contribution in [0.15, 0.2) is 91.0 Å². The molecule has 1 fully saturated rings. The van der Waals surface area contributed by atoms with Gasteiger partial charge >= 0.3 is 12.1 Å². The van der Waals surface area contributed by atoms with Crippen molar-refractivity contribution in [2.24, 2.45) is 0 Å². The fourth-order valence-electron chi connectivity index (χ4n) is 5.16. The zero-order valence-corrected chi connectivity index (χ0v) is 26.9. The van der Waals surface area contributed by atoms with E-state index < -0.39 is 54.2 Å². The molecule has 1 heterocycles. The molecular weight excluding hydrogens is 590 g/mol. The number of aliphatic hydroxyl groups excluding tert-OH is 1. The molecule has 248 valence electrons. The Kier molecular flexibility index (Phi) is 13.1. The van der Waals surface area contributed by atoms with Gasteiger partial charge in [-0.15, -0.1) is 0 Å². The molecule has 0 spiro atoms. The second kappa shape index (κ2) is 17.2. The second-order valence-electron chi connectivity index (χ2n) is 12.2. The van der Waals surface area contributed by atoms with E-state index in [1.165, 1.54) is 7.11 Å². The number of amides is 1. The van der Waals surface area contributed by atoms with Crippen molar-refractivity contribution in [2.75, 3.05) is 13.7 Å².